The highest BCUT2D eigenvalue weighted by Crippen LogP contribution is 2.22. The minimum absolute atomic E-state index is 0.00801. The van der Waals surface area contributed by atoms with Crippen LogP contribution in [-0.2, 0) is 0 Å². The van der Waals surface area contributed by atoms with E-state index in [-0.39, 0.29) is 40.9 Å². The van der Waals surface area contributed by atoms with Gasteiger partial charge in [0, 0.05) is 40.4 Å². The van der Waals surface area contributed by atoms with Crippen molar-refractivity contribution >= 4 is 23.1 Å². The number of hydrogen-bond donors (Lipinski definition) is 1. The van der Waals surface area contributed by atoms with E-state index in [9.17, 15) is 19.2 Å². The molecule has 0 unspecified atom stereocenters. The van der Waals surface area contributed by atoms with E-state index in [0.717, 1.165) is 0 Å². The number of carbonyl (C=O) groups is 4. The van der Waals surface area contributed by atoms with Crippen LogP contribution in [-0.4, -0.2) is 29.7 Å². The maximum atomic E-state index is 12.5. The standard InChI is InChI=1S/C21H13NO4/c23-18-9-12(20(25)15-7-3-1-5-13(15)18)11-22-17-10-19(24)14-6-2-4-8-16(14)21(17)26/h1-10,22H,11H2. The smallest absolute Gasteiger partial charge is 0.209 e. The van der Waals surface area contributed by atoms with Gasteiger partial charge in [-0.3, -0.25) is 19.2 Å². The summed E-state index contributed by atoms with van der Waals surface area (Å²) in [5, 5.41) is 2.84. The zero-order chi connectivity index (χ0) is 18.3. The van der Waals surface area contributed by atoms with Crippen LogP contribution >= 0.6 is 0 Å². The van der Waals surface area contributed by atoms with Crippen molar-refractivity contribution < 1.29 is 19.2 Å². The Morgan fingerprint density at radius 3 is 1.73 bits per heavy atom. The first-order chi connectivity index (χ1) is 12.6. The van der Waals surface area contributed by atoms with E-state index < -0.39 is 0 Å². The van der Waals surface area contributed by atoms with Gasteiger partial charge in [0.15, 0.2) is 17.3 Å². The van der Waals surface area contributed by atoms with Crippen LogP contribution < -0.4 is 5.32 Å². The normalized spacial score (nSPS) is 15.8. The summed E-state index contributed by atoms with van der Waals surface area (Å²) in [6.07, 6.45) is 2.51. The number of carbonyl (C=O) groups excluding carboxylic acids is 4. The monoisotopic (exact) mass is 343 g/mol. The molecule has 0 saturated carbocycles. The topological polar surface area (TPSA) is 80.3 Å². The highest BCUT2D eigenvalue weighted by molar-refractivity contribution is 6.25. The first-order valence-corrected chi connectivity index (χ1v) is 8.08. The number of fused-ring (bicyclic) bond motifs is 2. The van der Waals surface area contributed by atoms with E-state index >= 15 is 0 Å². The number of allylic oxidation sites excluding steroid dienone is 3. The highest BCUT2D eigenvalue weighted by atomic mass is 16.1. The van der Waals surface area contributed by atoms with Crippen LogP contribution in [0.5, 0.6) is 0 Å². The Morgan fingerprint density at radius 1 is 0.615 bits per heavy atom. The molecule has 0 amide bonds. The minimum atomic E-state index is -0.309. The summed E-state index contributed by atoms with van der Waals surface area (Å²) >= 11 is 0. The average molecular weight is 343 g/mol. The van der Waals surface area contributed by atoms with Gasteiger partial charge in [0.2, 0.25) is 5.78 Å². The predicted octanol–water partition coefficient (Wildman–Crippen LogP) is 2.54. The summed E-state index contributed by atoms with van der Waals surface area (Å²) < 4.78 is 0. The van der Waals surface area contributed by atoms with Gasteiger partial charge in [-0.1, -0.05) is 48.5 Å². The van der Waals surface area contributed by atoms with Crippen molar-refractivity contribution in [3.63, 3.8) is 0 Å². The molecule has 5 nitrogen and oxygen atoms in total. The van der Waals surface area contributed by atoms with Crippen molar-refractivity contribution in [3.8, 4) is 0 Å². The fraction of sp³-hybridized carbons (Fsp3) is 0.0476. The molecular formula is C21H13NO4. The maximum absolute atomic E-state index is 12.5. The molecule has 0 bridgehead atoms. The van der Waals surface area contributed by atoms with Gasteiger partial charge in [-0.15, -0.1) is 0 Å². The summed E-state index contributed by atoms with van der Waals surface area (Å²) in [5.74, 6) is -1.09. The molecule has 0 radical (unpaired) electrons. The van der Waals surface area contributed by atoms with E-state index in [1.54, 1.807) is 48.5 Å². The summed E-state index contributed by atoms with van der Waals surface area (Å²) in [4.78, 5) is 49.4. The lowest BCUT2D eigenvalue weighted by Crippen LogP contribution is -2.31. The third-order valence-corrected chi connectivity index (χ3v) is 4.46. The molecule has 5 heteroatoms. The van der Waals surface area contributed by atoms with Crippen LogP contribution in [0.1, 0.15) is 41.4 Å². The third-order valence-electron chi connectivity index (χ3n) is 4.46. The second kappa shape index (κ2) is 6.04. The Balaban J connectivity index is 1.57. The summed E-state index contributed by atoms with van der Waals surface area (Å²) in [5.41, 5.74) is 1.79. The van der Waals surface area contributed by atoms with Gasteiger partial charge in [-0.05, 0) is 6.08 Å². The van der Waals surface area contributed by atoms with Crippen molar-refractivity contribution in [3.05, 3.63) is 94.2 Å². The van der Waals surface area contributed by atoms with Crippen LogP contribution in [0, 0.1) is 0 Å². The lowest BCUT2D eigenvalue weighted by Gasteiger charge is -2.19. The van der Waals surface area contributed by atoms with Crippen molar-refractivity contribution in [1.82, 2.24) is 5.32 Å². The lowest BCUT2D eigenvalue weighted by molar-refractivity contribution is 0.0973. The molecule has 2 aliphatic rings. The third kappa shape index (κ3) is 2.50. The van der Waals surface area contributed by atoms with E-state index in [1.165, 1.54) is 12.2 Å². The van der Waals surface area contributed by atoms with Crippen molar-refractivity contribution in [1.29, 1.82) is 0 Å². The fourth-order valence-corrected chi connectivity index (χ4v) is 3.14. The zero-order valence-corrected chi connectivity index (χ0v) is 13.6. The second-order valence-electron chi connectivity index (χ2n) is 6.06. The molecule has 0 saturated heterocycles. The number of rotatable bonds is 3. The molecule has 0 atom stereocenters. The molecule has 2 aliphatic carbocycles. The van der Waals surface area contributed by atoms with Gasteiger partial charge in [0.25, 0.3) is 0 Å². The molecule has 126 valence electrons. The first-order valence-electron chi connectivity index (χ1n) is 8.08. The summed E-state index contributed by atoms with van der Waals surface area (Å²) in [6.45, 7) is -0.00801. The first kappa shape index (κ1) is 15.9. The Hall–Kier alpha value is -3.60. The van der Waals surface area contributed by atoms with Crippen LogP contribution in [0.15, 0.2) is 72.0 Å². The average Bonchev–Trinajstić information content (AvgIpc) is 2.67. The molecule has 0 heterocycles. The van der Waals surface area contributed by atoms with Crippen LogP contribution in [0.3, 0.4) is 0 Å². The van der Waals surface area contributed by atoms with Crippen LogP contribution in [0.25, 0.3) is 0 Å². The van der Waals surface area contributed by atoms with E-state index in [0.29, 0.717) is 22.3 Å². The zero-order valence-electron chi connectivity index (χ0n) is 13.6. The molecule has 0 aliphatic heterocycles. The van der Waals surface area contributed by atoms with Gasteiger partial charge in [0.05, 0.1) is 5.70 Å². The molecular weight excluding hydrogens is 330 g/mol. The second-order valence-corrected chi connectivity index (χ2v) is 6.06. The van der Waals surface area contributed by atoms with E-state index in [4.69, 9.17) is 0 Å². The molecule has 1 N–H and O–H groups in total. The molecule has 26 heavy (non-hydrogen) atoms. The maximum Gasteiger partial charge on any atom is 0.209 e. The molecule has 0 spiro atoms. The summed E-state index contributed by atoms with van der Waals surface area (Å²) in [6, 6.07) is 13.2. The molecule has 2 aromatic rings. The SMILES string of the molecule is O=C1C=C(CNC2=CC(=O)c3ccccc3C2=O)C(=O)c2ccccc21. The van der Waals surface area contributed by atoms with Gasteiger partial charge >= 0.3 is 0 Å². The Morgan fingerprint density at radius 2 is 1.12 bits per heavy atom. The number of nitrogens with one attached hydrogen (secondary N) is 1. The van der Waals surface area contributed by atoms with E-state index in [1.807, 2.05) is 0 Å². The number of benzene rings is 2. The lowest BCUT2D eigenvalue weighted by atomic mass is 9.89. The molecule has 4 rings (SSSR count). The largest absolute Gasteiger partial charge is 0.378 e. The number of Topliss-reactive ketones (excluding diaryl/α,β-unsaturated/α-hetero) is 2. The molecule has 2 aromatic carbocycles. The number of ketones is 4. The Bertz CT molecular complexity index is 974. The highest BCUT2D eigenvalue weighted by Gasteiger charge is 2.28. The molecule has 0 aromatic heterocycles. The Kier molecular flexibility index (Phi) is 3.69. The fourth-order valence-electron chi connectivity index (χ4n) is 3.14. The Labute approximate surface area is 149 Å². The van der Waals surface area contributed by atoms with E-state index in [2.05, 4.69) is 5.32 Å². The van der Waals surface area contributed by atoms with Crippen LogP contribution in [0.4, 0.5) is 0 Å². The van der Waals surface area contributed by atoms with Crippen molar-refractivity contribution in [2.24, 2.45) is 0 Å². The van der Waals surface area contributed by atoms with Gasteiger partial charge in [0.1, 0.15) is 0 Å². The predicted molar refractivity (Wildman–Crippen MR) is 94.4 cm³/mol. The van der Waals surface area contributed by atoms with Crippen molar-refractivity contribution in [2.45, 2.75) is 0 Å². The summed E-state index contributed by atoms with van der Waals surface area (Å²) in [7, 11) is 0. The molecule has 0 fully saturated rings. The van der Waals surface area contributed by atoms with Gasteiger partial charge in [-0.25, -0.2) is 0 Å². The quantitative estimate of drug-likeness (QED) is 0.926. The van der Waals surface area contributed by atoms with Gasteiger partial charge < -0.3 is 5.32 Å². The van der Waals surface area contributed by atoms with Crippen LogP contribution in [0.2, 0.25) is 0 Å². The minimum Gasteiger partial charge on any atom is -0.378 e. The van der Waals surface area contributed by atoms with Gasteiger partial charge in [-0.2, -0.15) is 0 Å². The van der Waals surface area contributed by atoms with Crippen molar-refractivity contribution in [2.75, 3.05) is 6.54 Å². The number of hydrogen-bond acceptors (Lipinski definition) is 5.